The summed E-state index contributed by atoms with van der Waals surface area (Å²) >= 11 is 0. The zero-order chi connectivity index (χ0) is 13.7. The largest absolute Gasteiger partial charge is 0.331 e. The molecule has 19 heavy (non-hydrogen) atoms. The van der Waals surface area contributed by atoms with E-state index in [4.69, 9.17) is 0 Å². The molecule has 2 aromatic rings. The first-order chi connectivity index (χ1) is 9.26. The summed E-state index contributed by atoms with van der Waals surface area (Å²) in [5.74, 6) is 1.07. The van der Waals surface area contributed by atoms with Gasteiger partial charge in [-0.2, -0.15) is 0 Å². The summed E-state index contributed by atoms with van der Waals surface area (Å²) in [5.41, 5.74) is 3.84. The quantitative estimate of drug-likeness (QED) is 0.804. The van der Waals surface area contributed by atoms with Gasteiger partial charge in [-0.15, -0.1) is 0 Å². The van der Waals surface area contributed by atoms with Crippen molar-refractivity contribution in [1.29, 1.82) is 0 Å². The van der Waals surface area contributed by atoms with E-state index >= 15 is 0 Å². The fourth-order valence-electron chi connectivity index (χ4n) is 2.26. The molecule has 0 unspecified atom stereocenters. The van der Waals surface area contributed by atoms with Crippen molar-refractivity contribution in [2.24, 2.45) is 0 Å². The Balaban J connectivity index is 2.34. The summed E-state index contributed by atoms with van der Waals surface area (Å²) in [7, 11) is 0. The molecule has 1 N–H and O–H groups in total. The SMILES string of the molecule is CCCNCc1ccc(C)cc1-c1nccn1CC. The summed E-state index contributed by atoms with van der Waals surface area (Å²) in [6.07, 6.45) is 5.08. The van der Waals surface area contributed by atoms with Gasteiger partial charge in [-0.3, -0.25) is 0 Å². The minimum Gasteiger partial charge on any atom is -0.331 e. The molecular weight excluding hydrogens is 234 g/mol. The standard InChI is InChI=1S/C16H23N3/c1-4-8-17-12-14-7-6-13(3)11-15(14)16-18-9-10-19(16)5-2/h6-7,9-11,17H,4-5,8,12H2,1-3H3. The van der Waals surface area contributed by atoms with E-state index in [1.54, 1.807) is 0 Å². The molecule has 0 fully saturated rings. The highest BCUT2D eigenvalue weighted by atomic mass is 15.1. The van der Waals surface area contributed by atoms with Gasteiger partial charge in [0.15, 0.2) is 0 Å². The van der Waals surface area contributed by atoms with Crippen LogP contribution in [0.2, 0.25) is 0 Å². The molecule has 1 heterocycles. The lowest BCUT2D eigenvalue weighted by atomic mass is 10.0. The number of nitrogens with one attached hydrogen (secondary N) is 1. The lowest BCUT2D eigenvalue weighted by Gasteiger charge is -2.12. The van der Waals surface area contributed by atoms with Crippen molar-refractivity contribution in [2.75, 3.05) is 6.54 Å². The number of benzene rings is 1. The van der Waals surface area contributed by atoms with E-state index in [1.807, 2.05) is 12.4 Å². The van der Waals surface area contributed by atoms with Crippen LogP contribution in [0.25, 0.3) is 11.4 Å². The minimum atomic E-state index is 0.903. The third kappa shape index (κ3) is 3.24. The highest BCUT2D eigenvalue weighted by Crippen LogP contribution is 2.23. The second-order valence-corrected chi connectivity index (χ2v) is 4.87. The first-order valence-corrected chi connectivity index (χ1v) is 7.08. The Morgan fingerprint density at radius 1 is 1.26 bits per heavy atom. The molecule has 0 saturated carbocycles. The highest BCUT2D eigenvalue weighted by Gasteiger charge is 2.10. The number of aromatic nitrogens is 2. The van der Waals surface area contributed by atoms with E-state index < -0.39 is 0 Å². The fraction of sp³-hybridized carbons (Fsp3) is 0.438. The monoisotopic (exact) mass is 257 g/mol. The molecule has 0 spiro atoms. The molecule has 3 heteroatoms. The molecule has 1 aromatic heterocycles. The fourth-order valence-corrected chi connectivity index (χ4v) is 2.26. The molecular formula is C16H23N3. The molecule has 0 amide bonds. The van der Waals surface area contributed by atoms with E-state index in [1.165, 1.54) is 16.7 Å². The van der Waals surface area contributed by atoms with Gasteiger partial charge in [0, 0.05) is 31.0 Å². The van der Waals surface area contributed by atoms with Crippen molar-refractivity contribution in [3.05, 3.63) is 41.7 Å². The summed E-state index contributed by atoms with van der Waals surface area (Å²) in [5, 5.41) is 3.47. The minimum absolute atomic E-state index is 0.903. The van der Waals surface area contributed by atoms with Gasteiger partial charge in [0.25, 0.3) is 0 Å². The molecule has 102 valence electrons. The second-order valence-electron chi connectivity index (χ2n) is 4.87. The van der Waals surface area contributed by atoms with Crippen molar-refractivity contribution in [3.8, 4) is 11.4 Å². The van der Waals surface area contributed by atoms with Crippen molar-refractivity contribution in [1.82, 2.24) is 14.9 Å². The van der Waals surface area contributed by atoms with Gasteiger partial charge < -0.3 is 9.88 Å². The van der Waals surface area contributed by atoms with Gasteiger partial charge >= 0.3 is 0 Å². The summed E-state index contributed by atoms with van der Waals surface area (Å²) in [6.45, 7) is 9.37. The predicted octanol–water partition coefficient (Wildman–Crippen LogP) is 3.38. The zero-order valence-electron chi connectivity index (χ0n) is 12.1. The summed E-state index contributed by atoms with van der Waals surface area (Å²) in [4.78, 5) is 4.52. The summed E-state index contributed by atoms with van der Waals surface area (Å²) < 4.78 is 2.19. The zero-order valence-corrected chi connectivity index (χ0v) is 12.1. The van der Waals surface area contributed by atoms with Crippen LogP contribution in [-0.4, -0.2) is 16.1 Å². The lowest BCUT2D eigenvalue weighted by molar-refractivity contribution is 0.675. The van der Waals surface area contributed by atoms with Gasteiger partial charge in [-0.1, -0.05) is 24.6 Å². The van der Waals surface area contributed by atoms with E-state index in [0.29, 0.717) is 0 Å². The maximum absolute atomic E-state index is 4.52. The number of rotatable bonds is 6. The Labute approximate surface area is 115 Å². The third-order valence-electron chi connectivity index (χ3n) is 3.30. The predicted molar refractivity (Wildman–Crippen MR) is 80.1 cm³/mol. The van der Waals surface area contributed by atoms with Crippen molar-refractivity contribution < 1.29 is 0 Å². The topological polar surface area (TPSA) is 29.9 Å². The molecule has 0 radical (unpaired) electrons. The lowest BCUT2D eigenvalue weighted by Crippen LogP contribution is -2.15. The second kappa shape index (κ2) is 6.53. The van der Waals surface area contributed by atoms with Crippen LogP contribution in [0, 0.1) is 6.92 Å². The Hall–Kier alpha value is -1.61. The highest BCUT2D eigenvalue weighted by molar-refractivity contribution is 5.62. The van der Waals surface area contributed by atoms with Crippen LogP contribution >= 0.6 is 0 Å². The Kier molecular flexibility index (Phi) is 4.74. The Morgan fingerprint density at radius 2 is 2.11 bits per heavy atom. The Morgan fingerprint density at radius 3 is 2.84 bits per heavy atom. The third-order valence-corrected chi connectivity index (χ3v) is 3.30. The number of hydrogen-bond donors (Lipinski definition) is 1. The molecule has 1 aromatic carbocycles. The van der Waals surface area contributed by atoms with Crippen LogP contribution in [0.1, 0.15) is 31.4 Å². The number of nitrogens with zero attached hydrogens (tertiary/aromatic N) is 2. The van der Waals surface area contributed by atoms with E-state index in [0.717, 1.165) is 31.9 Å². The number of aryl methyl sites for hydroxylation is 2. The van der Waals surface area contributed by atoms with Gasteiger partial charge in [0.1, 0.15) is 5.82 Å². The smallest absolute Gasteiger partial charge is 0.140 e. The van der Waals surface area contributed by atoms with Gasteiger partial charge in [-0.25, -0.2) is 4.98 Å². The molecule has 0 atom stereocenters. The van der Waals surface area contributed by atoms with Crippen LogP contribution in [0.4, 0.5) is 0 Å². The number of imidazole rings is 1. The van der Waals surface area contributed by atoms with Crippen LogP contribution in [0.15, 0.2) is 30.6 Å². The first-order valence-electron chi connectivity index (χ1n) is 7.08. The molecule has 0 aliphatic rings. The van der Waals surface area contributed by atoms with Gasteiger partial charge in [0.05, 0.1) is 0 Å². The summed E-state index contributed by atoms with van der Waals surface area (Å²) in [6, 6.07) is 6.62. The first kappa shape index (κ1) is 13.8. The maximum Gasteiger partial charge on any atom is 0.140 e. The molecule has 0 bridgehead atoms. The average Bonchev–Trinajstić information content (AvgIpc) is 2.88. The van der Waals surface area contributed by atoms with Crippen molar-refractivity contribution >= 4 is 0 Å². The van der Waals surface area contributed by atoms with Crippen molar-refractivity contribution in [2.45, 2.75) is 40.3 Å². The number of hydrogen-bond acceptors (Lipinski definition) is 2. The van der Waals surface area contributed by atoms with Gasteiger partial charge in [0.2, 0.25) is 0 Å². The van der Waals surface area contributed by atoms with Gasteiger partial charge in [-0.05, 0) is 38.4 Å². The van der Waals surface area contributed by atoms with Crippen LogP contribution in [0.3, 0.4) is 0 Å². The Bertz CT molecular complexity index is 529. The van der Waals surface area contributed by atoms with E-state index in [-0.39, 0.29) is 0 Å². The van der Waals surface area contributed by atoms with Crippen molar-refractivity contribution in [3.63, 3.8) is 0 Å². The maximum atomic E-state index is 4.52. The molecule has 3 nitrogen and oxygen atoms in total. The molecule has 0 aliphatic carbocycles. The average molecular weight is 257 g/mol. The van der Waals surface area contributed by atoms with E-state index in [2.05, 4.69) is 53.8 Å². The van der Waals surface area contributed by atoms with Crippen LogP contribution in [-0.2, 0) is 13.1 Å². The molecule has 0 saturated heterocycles. The normalized spacial score (nSPS) is 10.9. The van der Waals surface area contributed by atoms with Crippen LogP contribution < -0.4 is 5.32 Å². The van der Waals surface area contributed by atoms with E-state index in [9.17, 15) is 0 Å². The molecule has 2 rings (SSSR count). The molecule has 0 aliphatic heterocycles. The van der Waals surface area contributed by atoms with Crippen LogP contribution in [0.5, 0.6) is 0 Å².